The summed E-state index contributed by atoms with van der Waals surface area (Å²) in [6.45, 7) is -0.0914. The Morgan fingerprint density at radius 2 is 1.71 bits per heavy atom. The molecule has 1 heterocycles. The van der Waals surface area contributed by atoms with E-state index in [0.717, 1.165) is 33.0 Å². The number of nitrogens with zero attached hydrogens (tertiary/aromatic N) is 1. The van der Waals surface area contributed by atoms with E-state index < -0.39 is 23.6 Å². The van der Waals surface area contributed by atoms with Gasteiger partial charge in [-0.25, -0.2) is 0 Å². The molecule has 1 aliphatic heterocycles. The summed E-state index contributed by atoms with van der Waals surface area (Å²) < 4.78 is 6.84. The van der Waals surface area contributed by atoms with Crippen molar-refractivity contribution in [3.05, 3.63) is 110 Å². The first-order chi connectivity index (χ1) is 18.4. The zero-order valence-electron chi connectivity index (χ0n) is 19.8. The molecular formula is C29H20BrClN2O4S. The number of halogens is 2. The van der Waals surface area contributed by atoms with Gasteiger partial charge in [0.15, 0.2) is 0 Å². The van der Waals surface area contributed by atoms with Crippen molar-refractivity contribution in [3.63, 3.8) is 0 Å². The second kappa shape index (κ2) is 11.4. The fourth-order valence-electron chi connectivity index (χ4n) is 3.96. The number of rotatable bonds is 7. The molecule has 0 bridgehead atoms. The number of carbonyl (C=O) groups excluding carboxylic acids is 3. The van der Waals surface area contributed by atoms with Crippen LogP contribution in [0.2, 0.25) is 5.02 Å². The molecule has 0 radical (unpaired) electrons. The maximum Gasteiger partial charge on any atom is 0.294 e. The van der Waals surface area contributed by atoms with Crippen molar-refractivity contribution in [2.75, 3.05) is 11.9 Å². The number of imide groups is 1. The van der Waals surface area contributed by atoms with Crippen LogP contribution < -0.4 is 10.1 Å². The number of thioether (sulfide) groups is 1. The predicted octanol–water partition coefficient (Wildman–Crippen LogP) is 7.51. The molecule has 190 valence electrons. The average Bonchev–Trinajstić information content (AvgIpc) is 3.17. The summed E-state index contributed by atoms with van der Waals surface area (Å²) in [5, 5.41) is 4.69. The molecule has 6 nitrogen and oxygen atoms in total. The van der Waals surface area contributed by atoms with Crippen molar-refractivity contribution in [3.8, 4) is 5.75 Å². The van der Waals surface area contributed by atoms with Crippen molar-refractivity contribution in [1.82, 2.24) is 4.90 Å². The quantitative estimate of drug-likeness (QED) is 0.220. The lowest BCUT2D eigenvalue weighted by Gasteiger charge is -2.14. The van der Waals surface area contributed by atoms with Gasteiger partial charge in [-0.1, -0.05) is 66.2 Å². The molecule has 1 fully saturated rings. The van der Waals surface area contributed by atoms with Crippen LogP contribution >= 0.6 is 39.3 Å². The van der Waals surface area contributed by atoms with Crippen LogP contribution in [0.15, 0.2) is 94.3 Å². The van der Waals surface area contributed by atoms with Crippen LogP contribution in [-0.4, -0.2) is 28.5 Å². The highest BCUT2D eigenvalue weighted by Gasteiger charge is 2.36. The van der Waals surface area contributed by atoms with E-state index in [1.54, 1.807) is 36.4 Å². The summed E-state index contributed by atoms with van der Waals surface area (Å²) in [6, 6.07) is 26.0. The van der Waals surface area contributed by atoms with E-state index in [2.05, 4.69) is 21.2 Å². The zero-order chi connectivity index (χ0) is 26.6. The number of fused-ring (bicyclic) bond motifs is 1. The van der Waals surface area contributed by atoms with Gasteiger partial charge in [0.2, 0.25) is 5.91 Å². The molecule has 4 aromatic rings. The van der Waals surface area contributed by atoms with Gasteiger partial charge in [0.1, 0.15) is 18.9 Å². The van der Waals surface area contributed by atoms with Gasteiger partial charge >= 0.3 is 0 Å². The van der Waals surface area contributed by atoms with Crippen LogP contribution in [0.4, 0.5) is 10.5 Å². The van der Waals surface area contributed by atoms with E-state index in [1.807, 2.05) is 54.6 Å². The van der Waals surface area contributed by atoms with E-state index in [9.17, 15) is 14.4 Å². The minimum Gasteiger partial charge on any atom is -0.488 e. The van der Waals surface area contributed by atoms with Gasteiger partial charge < -0.3 is 10.1 Å². The smallest absolute Gasteiger partial charge is 0.294 e. The molecule has 1 aliphatic rings. The molecular weight excluding hydrogens is 588 g/mol. The van der Waals surface area contributed by atoms with Gasteiger partial charge in [-0.3, -0.25) is 19.3 Å². The largest absolute Gasteiger partial charge is 0.488 e. The SMILES string of the molecule is O=C(CN1C(=O)S/C(=C/c2c(OCc3ccc(Cl)cc3)ccc3ccccc23)C1=O)Nc1ccccc1Br. The van der Waals surface area contributed by atoms with Crippen LogP contribution in [0, 0.1) is 0 Å². The van der Waals surface area contributed by atoms with Crippen molar-refractivity contribution in [1.29, 1.82) is 0 Å². The number of hydrogen-bond acceptors (Lipinski definition) is 5. The topological polar surface area (TPSA) is 75.7 Å². The highest BCUT2D eigenvalue weighted by Crippen LogP contribution is 2.37. The van der Waals surface area contributed by atoms with Crippen molar-refractivity contribution in [2.45, 2.75) is 6.61 Å². The molecule has 3 amide bonds. The van der Waals surface area contributed by atoms with Crippen LogP contribution in [-0.2, 0) is 16.2 Å². The molecule has 5 rings (SSSR count). The summed E-state index contributed by atoms with van der Waals surface area (Å²) in [4.78, 5) is 39.7. The van der Waals surface area contributed by atoms with E-state index in [4.69, 9.17) is 16.3 Å². The molecule has 0 spiro atoms. The molecule has 0 aromatic heterocycles. The Morgan fingerprint density at radius 3 is 2.50 bits per heavy atom. The lowest BCUT2D eigenvalue weighted by molar-refractivity contribution is -0.127. The lowest BCUT2D eigenvalue weighted by Crippen LogP contribution is -2.36. The number of benzene rings is 4. The molecule has 0 saturated carbocycles. The summed E-state index contributed by atoms with van der Waals surface area (Å²) in [7, 11) is 0. The Kier molecular flexibility index (Phi) is 7.83. The lowest BCUT2D eigenvalue weighted by atomic mass is 10.0. The third-order valence-corrected chi connectivity index (χ3v) is 7.69. The fraction of sp³-hybridized carbons (Fsp3) is 0.0690. The normalized spacial score (nSPS) is 14.4. The maximum atomic E-state index is 13.2. The second-order valence-corrected chi connectivity index (χ2v) is 10.7. The van der Waals surface area contributed by atoms with Crippen LogP contribution in [0.25, 0.3) is 16.8 Å². The first-order valence-electron chi connectivity index (χ1n) is 11.6. The van der Waals surface area contributed by atoms with Gasteiger partial charge in [0.05, 0.1) is 10.6 Å². The number of amides is 3. The summed E-state index contributed by atoms with van der Waals surface area (Å²) in [5.74, 6) is -0.436. The fourth-order valence-corrected chi connectivity index (χ4v) is 5.29. The molecule has 0 atom stereocenters. The van der Waals surface area contributed by atoms with E-state index in [-0.39, 0.29) is 4.91 Å². The Hall–Kier alpha value is -3.59. The third-order valence-electron chi connectivity index (χ3n) is 5.84. The molecule has 9 heteroatoms. The van der Waals surface area contributed by atoms with Gasteiger partial charge in [-0.15, -0.1) is 0 Å². The molecule has 0 unspecified atom stereocenters. The zero-order valence-corrected chi connectivity index (χ0v) is 23.0. The highest BCUT2D eigenvalue weighted by molar-refractivity contribution is 9.10. The number of carbonyl (C=O) groups is 3. The van der Waals surface area contributed by atoms with Crippen molar-refractivity contribution in [2.24, 2.45) is 0 Å². The standard InChI is InChI=1S/C29H20BrClN2O4S/c30-23-7-3-4-8-24(23)32-27(34)16-33-28(35)26(38-29(33)36)15-22-21-6-2-1-5-19(21)11-14-25(22)37-17-18-9-12-20(31)13-10-18/h1-15H,16-17H2,(H,32,34)/b26-15+. The van der Waals surface area contributed by atoms with Crippen LogP contribution in [0.3, 0.4) is 0 Å². The van der Waals surface area contributed by atoms with Gasteiger partial charge in [-0.2, -0.15) is 0 Å². The molecule has 38 heavy (non-hydrogen) atoms. The van der Waals surface area contributed by atoms with Crippen molar-refractivity contribution >= 4 is 78.9 Å². The minimum atomic E-state index is -0.529. The van der Waals surface area contributed by atoms with E-state index in [0.29, 0.717) is 33.1 Å². The van der Waals surface area contributed by atoms with E-state index >= 15 is 0 Å². The van der Waals surface area contributed by atoms with Crippen LogP contribution in [0.1, 0.15) is 11.1 Å². The molecule has 4 aromatic carbocycles. The maximum absolute atomic E-state index is 13.2. The Balaban J connectivity index is 1.40. The third kappa shape index (κ3) is 5.78. The number of ether oxygens (including phenoxy) is 1. The second-order valence-electron chi connectivity index (χ2n) is 8.41. The number of nitrogens with one attached hydrogen (secondary N) is 1. The Morgan fingerprint density at radius 1 is 0.974 bits per heavy atom. The minimum absolute atomic E-state index is 0.219. The van der Waals surface area contributed by atoms with Gasteiger partial charge in [0.25, 0.3) is 11.1 Å². The average molecular weight is 608 g/mol. The Bertz CT molecular complexity index is 1590. The van der Waals surface area contributed by atoms with Crippen LogP contribution in [0.5, 0.6) is 5.75 Å². The number of anilines is 1. The van der Waals surface area contributed by atoms with Gasteiger partial charge in [-0.05, 0) is 80.4 Å². The predicted molar refractivity (Wildman–Crippen MR) is 155 cm³/mol. The van der Waals surface area contributed by atoms with Gasteiger partial charge in [0, 0.05) is 15.1 Å². The number of para-hydroxylation sites is 1. The first-order valence-corrected chi connectivity index (χ1v) is 13.6. The summed E-state index contributed by atoms with van der Waals surface area (Å²) in [5.41, 5.74) is 2.17. The summed E-state index contributed by atoms with van der Waals surface area (Å²) in [6.07, 6.45) is 1.66. The highest BCUT2D eigenvalue weighted by atomic mass is 79.9. The molecule has 1 N–H and O–H groups in total. The number of hydrogen-bond donors (Lipinski definition) is 1. The Labute approximate surface area is 236 Å². The summed E-state index contributed by atoms with van der Waals surface area (Å²) >= 11 is 10.2. The molecule has 0 aliphatic carbocycles. The first kappa shape index (κ1) is 26.0. The van der Waals surface area contributed by atoms with E-state index in [1.165, 1.54) is 0 Å². The van der Waals surface area contributed by atoms with Crippen molar-refractivity contribution < 1.29 is 19.1 Å². The molecule has 1 saturated heterocycles. The monoisotopic (exact) mass is 606 g/mol.